The molecule has 2 aromatic rings. The zero-order valence-corrected chi connectivity index (χ0v) is 8.99. The molecule has 4 heteroatoms. The Morgan fingerprint density at radius 3 is 2.60 bits per heavy atom. The van der Waals surface area contributed by atoms with Crippen LogP contribution >= 0.6 is 11.6 Å². The molecule has 0 bridgehead atoms. The van der Waals surface area contributed by atoms with Crippen molar-refractivity contribution in [2.75, 3.05) is 12.4 Å². The number of hydrogen-bond acceptors (Lipinski definition) is 3. The van der Waals surface area contributed by atoms with E-state index in [0.717, 1.165) is 16.8 Å². The molecular weight excluding hydrogens is 210 g/mol. The molecule has 1 aromatic heterocycles. The largest absolute Gasteiger partial charge is 0.388 e. The Bertz CT molecular complexity index is 457. The maximum atomic E-state index is 5.91. The topological polar surface area (TPSA) is 37.8 Å². The summed E-state index contributed by atoms with van der Waals surface area (Å²) in [6.45, 7) is 0. The Hall–Kier alpha value is -1.61. The van der Waals surface area contributed by atoms with Crippen molar-refractivity contribution in [1.29, 1.82) is 0 Å². The molecule has 3 nitrogen and oxygen atoms in total. The lowest BCUT2D eigenvalue weighted by molar-refractivity contribution is 1.17. The molecule has 1 N–H and O–H groups in total. The third kappa shape index (κ3) is 2.07. The number of nitrogens with one attached hydrogen (secondary N) is 1. The van der Waals surface area contributed by atoms with Crippen LogP contribution in [0.1, 0.15) is 0 Å². The van der Waals surface area contributed by atoms with Crippen molar-refractivity contribution >= 4 is 17.3 Å². The molecule has 1 heterocycles. The molecule has 0 saturated heterocycles. The average Bonchev–Trinajstić information content (AvgIpc) is 2.30. The van der Waals surface area contributed by atoms with E-state index in [1.165, 1.54) is 6.33 Å². The Morgan fingerprint density at radius 1 is 1.20 bits per heavy atom. The number of aromatic nitrogens is 2. The third-order valence-corrected chi connectivity index (χ3v) is 2.36. The van der Waals surface area contributed by atoms with E-state index in [-0.39, 0.29) is 0 Å². The van der Waals surface area contributed by atoms with Crippen molar-refractivity contribution in [3.05, 3.63) is 41.9 Å². The van der Waals surface area contributed by atoms with E-state index in [2.05, 4.69) is 15.3 Å². The van der Waals surface area contributed by atoms with Gasteiger partial charge in [-0.25, -0.2) is 9.97 Å². The molecular formula is C11H10ClN3. The number of rotatable bonds is 2. The molecule has 1 aromatic carbocycles. The van der Waals surface area contributed by atoms with Crippen LogP contribution in [0, 0.1) is 0 Å². The van der Waals surface area contributed by atoms with Gasteiger partial charge in [-0.05, 0) is 12.1 Å². The van der Waals surface area contributed by atoms with Gasteiger partial charge in [0.05, 0.1) is 0 Å². The maximum Gasteiger partial charge on any atom is 0.115 e. The quantitative estimate of drug-likeness (QED) is 0.844. The van der Waals surface area contributed by atoms with Gasteiger partial charge < -0.3 is 5.32 Å². The van der Waals surface area contributed by atoms with Gasteiger partial charge in [-0.3, -0.25) is 0 Å². The van der Waals surface area contributed by atoms with E-state index in [1.807, 2.05) is 25.2 Å². The van der Waals surface area contributed by atoms with Crippen molar-refractivity contribution in [1.82, 2.24) is 9.97 Å². The maximum absolute atomic E-state index is 5.91. The number of hydrogen-bond donors (Lipinski definition) is 1. The van der Waals surface area contributed by atoms with Gasteiger partial charge in [0.2, 0.25) is 0 Å². The van der Waals surface area contributed by atoms with Gasteiger partial charge in [0.15, 0.2) is 0 Å². The van der Waals surface area contributed by atoms with Gasteiger partial charge in [0.25, 0.3) is 0 Å². The first-order chi connectivity index (χ1) is 7.31. The highest BCUT2D eigenvalue weighted by molar-refractivity contribution is 6.31. The third-order valence-electron chi connectivity index (χ3n) is 2.12. The van der Waals surface area contributed by atoms with Gasteiger partial charge in [0.1, 0.15) is 6.33 Å². The minimum atomic E-state index is 0.708. The van der Waals surface area contributed by atoms with Crippen molar-refractivity contribution in [2.45, 2.75) is 0 Å². The fraction of sp³-hybridized carbons (Fsp3) is 0.0909. The van der Waals surface area contributed by atoms with Crippen LogP contribution in [0.4, 0.5) is 5.69 Å². The fourth-order valence-corrected chi connectivity index (χ4v) is 1.59. The van der Waals surface area contributed by atoms with Crippen LogP contribution in [0.25, 0.3) is 11.1 Å². The lowest BCUT2D eigenvalue weighted by atomic mass is 10.1. The van der Waals surface area contributed by atoms with Crippen molar-refractivity contribution in [3.63, 3.8) is 0 Å². The molecule has 0 aliphatic carbocycles. The first kappa shape index (κ1) is 9.93. The molecule has 0 saturated carbocycles. The second kappa shape index (κ2) is 4.28. The van der Waals surface area contributed by atoms with Crippen LogP contribution in [0.5, 0.6) is 0 Å². The van der Waals surface area contributed by atoms with Crippen LogP contribution in [0.2, 0.25) is 5.02 Å². The molecule has 0 radical (unpaired) electrons. The summed E-state index contributed by atoms with van der Waals surface area (Å²) in [4.78, 5) is 7.97. The van der Waals surface area contributed by atoms with Gasteiger partial charge in [0, 0.05) is 41.3 Å². The summed E-state index contributed by atoms with van der Waals surface area (Å²) in [5, 5.41) is 3.80. The summed E-state index contributed by atoms with van der Waals surface area (Å²) in [6.07, 6.45) is 5.06. The predicted molar refractivity (Wildman–Crippen MR) is 62.0 cm³/mol. The molecule has 2 rings (SSSR count). The summed E-state index contributed by atoms with van der Waals surface area (Å²) in [6, 6.07) is 5.68. The number of nitrogens with zero attached hydrogens (tertiary/aromatic N) is 2. The molecule has 0 atom stereocenters. The second-order valence-corrected chi connectivity index (χ2v) is 3.50. The number of benzene rings is 1. The van der Waals surface area contributed by atoms with E-state index in [9.17, 15) is 0 Å². The van der Waals surface area contributed by atoms with Gasteiger partial charge in [-0.15, -0.1) is 0 Å². The lowest BCUT2D eigenvalue weighted by Crippen LogP contribution is -1.92. The van der Waals surface area contributed by atoms with Crippen molar-refractivity contribution < 1.29 is 0 Å². The Balaban J connectivity index is 2.53. The Kier molecular flexibility index (Phi) is 2.83. The van der Waals surface area contributed by atoms with Gasteiger partial charge in [-0.1, -0.05) is 17.7 Å². The summed E-state index contributed by atoms with van der Waals surface area (Å²) in [5.41, 5.74) is 2.98. The fourth-order valence-electron chi connectivity index (χ4n) is 1.41. The van der Waals surface area contributed by atoms with Gasteiger partial charge in [-0.2, -0.15) is 0 Å². The summed E-state index contributed by atoms with van der Waals surface area (Å²) < 4.78 is 0. The smallest absolute Gasteiger partial charge is 0.115 e. The zero-order chi connectivity index (χ0) is 10.7. The normalized spacial score (nSPS) is 10.0. The standard InChI is InChI=1S/C11H10ClN3/c1-13-11-4-9(12)2-3-10(11)8-5-14-7-15-6-8/h2-7,13H,1H3. The molecule has 0 aliphatic rings. The van der Waals surface area contributed by atoms with Crippen molar-refractivity contribution in [2.24, 2.45) is 0 Å². The Labute approximate surface area is 93.1 Å². The molecule has 0 amide bonds. The van der Waals surface area contributed by atoms with Crippen LogP contribution in [-0.4, -0.2) is 17.0 Å². The minimum Gasteiger partial charge on any atom is -0.388 e. The van der Waals surface area contributed by atoms with Gasteiger partial charge >= 0.3 is 0 Å². The minimum absolute atomic E-state index is 0.708. The van der Waals surface area contributed by atoms with E-state index < -0.39 is 0 Å². The number of anilines is 1. The van der Waals surface area contributed by atoms with Crippen molar-refractivity contribution in [3.8, 4) is 11.1 Å². The molecule has 0 fully saturated rings. The SMILES string of the molecule is CNc1cc(Cl)ccc1-c1cncnc1. The molecule has 15 heavy (non-hydrogen) atoms. The van der Waals surface area contributed by atoms with Crippen LogP contribution in [0.15, 0.2) is 36.9 Å². The van der Waals surface area contributed by atoms with E-state index in [1.54, 1.807) is 12.4 Å². The van der Waals surface area contributed by atoms with Crippen LogP contribution < -0.4 is 5.32 Å². The first-order valence-electron chi connectivity index (χ1n) is 4.54. The Morgan fingerprint density at radius 2 is 1.93 bits per heavy atom. The molecule has 0 aliphatic heterocycles. The number of halogens is 1. The van der Waals surface area contributed by atoms with E-state index >= 15 is 0 Å². The summed E-state index contributed by atoms with van der Waals surface area (Å²) >= 11 is 5.91. The van der Waals surface area contributed by atoms with Crippen LogP contribution in [-0.2, 0) is 0 Å². The first-order valence-corrected chi connectivity index (χ1v) is 4.92. The summed E-state index contributed by atoms with van der Waals surface area (Å²) in [5.74, 6) is 0. The average molecular weight is 220 g/mol. The molecule has 0 unspecified atom stereocenters. The zero-order valence-electron chi connectivity index (χ0n) is 8.24. The second-order valence-electron chi connectivity index (χ2n) is 3.07. The summed E-state index contributed by atoms with van der Waals surface area (Å²) in [7, 11) is 1.86. The predicted octanol–water partition coefficient (Wildman–Crippen LogP) is 2.84. The highest BCUT2D eigenvalue weighted by Crippen LogP contribution is 2.29. The molecule has 76 valence electrons. The monoisotopic (exact) mass is 219 g/mol. The highest BCUT2D eigenvalue weighted by Gasteiger charge is 2.04. The highest BCUT2D eigenvalue weighted by atomic mass is 35.5. The van der Waals surface area contributed by atoms with Crippen LogP contribution in [0.3, 0.4) is 0 Å². The lowest BCUT2D eigenvalue weighted by Gasteiger charge is -2.08. The van der Waals surface area contributed by atoms with E-state index in [4.69, 9.17) is 11.6 Å². The molecule has 0 spiro atoms. The van der Waals surface area contributed by atoms with E-state index in [0.29, 0.717) is 5.02 Å².